The largest absolute Gasteiger partial charge is 0.282 e. The van der Waals surface area contributed by atoms with Gasteiger partial charge in [-0.1, -0.05) is 35.9 Å². The zero-order valence-electron chi connectivity index (χ0n) is 15.0. The number of rotatable bonds is 5. The Morgan fingerprint density at radius 1 is 0.821 bits per heavy atom. The Bertz CT molecular complexity index is 1120. The second-order valence-corrected chi connectivity index (χ2v) is 7.76. The molecule has 0 aliphatic heterocycles. The summed E-state index contributed by atoms with van der Waals surface area (Å²) >= 11 is 0. The molecule has 0 aromatic heterocycles. The molecule has 0 amide bonds. The molecule has 0 spiro atoms. The molecule has 0 unspecified atom stereocenters. The summed E-state index contributed by atoms with van der Waals surface area (Å²) in [6, 6.07) is 17.4. The van der Waals surface area contributed by atoms with E-state index in [1.807, 2.05) is 6.92 Å². The molecule has 0 bridgehead atoms. The molecule has 3 aromatic carbocycles. The van der Waals surface area contributed by atoms with Gasteiger partial charge in [0.1, 0.15) is 11.6 Å². The van der Waals surface area contributed by atoms with Crippen LogP contribution in [0.2, 0.25) is 0 Å². The van der Waals surface area contributed by atoms with Crippen molar-refractivity contribution in [3.8, 4) is 0 Å². The molecule has 0 aliphatic rings. The van der Waals surface area contributed by atoms with Crippen molar-refractivity contribution in [3.63, 3.8) is 0 Å². The quantitative estimate of drug-likeness (QED) is 0.558. The lowest BCUT2D eigenvalue weighted by Crippen LogP contribution is -2.04. The molecule has 0 radical (unpaired) electrons. The molecule has 6 heteroatoms. The van der Waals surface area contributed by atoms with E-state index < -0.39 is 15.8 Å². The number of hydrogen-bond donors (Lipinski definition) is 0. The Balaban J connectivity index is 2.04. The van der Waals surface area contributed by atoms with Crippen molar-refractivity contribution >= 4 is 21.8 Å². The van der Waals surface area contributed by atoms with Crippen LogP contribution >= 0.6 is 0 Å². The van der Waals surface area contributed by atoms with Gasteiger partial charge in [0.05, 0.1) is 10.6 Å². The highest BCUT2D eigenvalue weighted by Crippen LogP contribution is 2.17. The molecule has 0 aliphatic carbocycles. The van der Waals surface area contributed by atoms with Crippen molar-refractivity contribution in [2.75, 3.05) is 0 Å². The molecule has 0 N–H and O–H groups in total. The third-order valence-corrected chi connectivity index (χ3v) is 5.29. The van der Waals surface area contributed by atoms with Gasteiger partial charge in [0.25, 0.3) is 10.0 Å². The average molecular weight is 397 g/mol. The van der Waals surface area contributed by atoms with Crippen molar-refractivity contribution < 1.29 is 17.2 Å². The molecule has 0 saturated heterocycles. The molecule has 0 heterocycles. The lowest BCUT2D eigenvalue weighted by molar-refractivity contribution is 0.598. The van der Waals surface area contributed by atoms with Gasteiger partial charge in [-0.3, -0.25) is 0 Å². The first kappa shape index (κ1) is 19.6. The maximum Gasteiger partial charge on any atom is 0.282 e. The van der Waals surface area contributed by atoms with Crippen LogP contribution in [0.3, 0.4) is 0 Å². The number of aryl methyl sites for hydroxylation is 1. The van der Waals surface area contributed by atoms with Crippen molar-refractivity contribution in [1.29, 1.82) is 0 Å². The number of nitrogens with zero attached hydrogens (tertiary/aromatic N) is 1. The number of benzene rings is 3. The summed E-state index contributed by atoms with van der Waals surface area (Å²) in [5.41, 5.74) is 2.18. The van der Waals surface area contributed by atoms with Crippen molar-refractivity contribution in [2.24, 2.45) is 4.40 Å². The van der Waals surface area contributed by atoms with Crippen LogP contribution < -0.4 is 0 Å². The molecule has 28 heavy (non-hydrogen) atoms. The second-order valence-electron chi connectivity index (χ2n) is 6.16. The predicted molar refractivity (Wildman–Crippen MR) is 107 cm³/mol. The van der Waals surface area contributed by atoms with E-state index in [2.05, 4.69) is 4.40 Å². The van der Waals surface area contributed by atoms with E-state index in [9.17, 15) is 17.2 Å². The normalized spacial score (nSPS) is 12.5. The van der Waals surface area contributed by atoms with E-state index in [0.29, 0.717) is 11.1 Å². The fourth-order valence-electron chi connectivity index (χ4n) is 2.44. The fraction of sp³-hybridized carbons (Fsp3) is 0.0455. The van der Waals surface area contributed by atoms with E-state index in [1.54, 1.807) is 30.3 Å². The fourth-order valence-corrected chi connectivity index (χ4v) is 3.45. The van der Waals surface area contributed by atoms with E-state index in [-0.39, 0.29) is 16.4 Å². The lowest BCUT2D eigenvalue weighted by Gasteiger charge is -2.05. The number of halogens is 2. The first-order chi connectivity index (χ1) is 13.3. The third kappa shape index (κ3) is 4.98. The van der Waals surface area contributed by atoms with Gasteiger partial charge >= 0.3 is 0 Å². The van der Waals surface area contributed by atoms with Crippen LogP contribution in [0, 0.1) is 18.6 Å². The summed E-state index contributed by atoms with van der Waals surface area (Å²) in [6.45, 7) is 1.86. The average Bonchev–Trinajstić information content (AvgIpc) is 2.67. The van der Waals surface area contributed by atoms with Crippen molar-refractivity contribution in [1.82, 2.24) is 0 Å². The van der Waals surface area contributed by atoms with Gasteiger partial charge in [-0.2, -0.15) is 12.8 Å². The maximum atomic E-state index is 13.3. The minimum absolute atomic E-state index is 0.0629. The van der Waals surface area contributed by atoms with Gasteiger partial charge in [-0.05, 0) is 67.1 Å². The predicted octanol–water partition coefficient (Wildman–Crippen LogP) is 5.16. The summed E-state index contributed by atoms with van der Waals surface area (Å²) in [4.78, 5) is 0.0629. The smallest absolute Gasteiger partial charge is 0.207 e. The lowest BCUT2D eigenvalue weighted by atomic mass is 10.1. The van der Waals surface area contributed by atoms with E-state index in [1.165, 1.54) is 54.6 Å². The minimum Gasteiger partial charge on any atom is -0.207 e. The first-order valence-corrected chi connectivity index (χ1v) is 9.89. The molecular weight excluding hydrogens is 380 g/mol. The summed E-state index contributed by atoms with van der Waals surface area (Å²) in [5.74, 6) is -0.807. The Morgan fingerprint density at radius 2 is 1.36 bits per heavy atom. The molecule has 142 valence electrons. The van der Waals surface area contributed by atoms with Crippen LogP contribution in [-0.4, -0.2) is 14.1 Å². The van der Waals surface area contributed by atoms with Gasteiger partial charge in [-0.15, -0.1) is 0 Å². The second kappa shape index (κ2) is 8.27. The molecule has 3 nitrogen and oxygen atoms in total. The van der Waals surface area contributed by atoms with Crippen molar-refractivity contribution in [2.45, 2.75) is 11.8 Å². The summed E-state index contributed by atoms with van der Waals surface area (Å²) in [5, 5.41) is 0. The highest BCUT2D eigenvalue weighted by Gasteiger charge is 2.14. The zero-order valence-corrected chi connectivity index (χ0v) is 15.8. The Hall–Kier alpha value is -3.12. The molecule has 0 saturated carbocycles. The standard InChI is InChI=1S/C22H17F2NO2S/c1-16-2-13-21(14-3-16)28(26,27)25-22(18-7-11-20(24)12-8-18)15-6-17-4-9-19(23)10-5-17/h2-15H,1H3/b15-6+,25-22+. The minimum atomic E-state index is -3.96. The summed E-state index contributed by atoms with van der Waals surface area (Å²) in [6.07, 6.45) is 3.12. The van der Waals surface area contributed by atoms with Crippen LogP contribution in [0.15, 0.2) is 88.2 Å². The number of sulfonamides is 1. The topological polar surface area (TPSA) is 46.5 Å². The third-order valence-electron chi connectivity index (χ3n) is 3.98. The van der Waals surface area contributed by atoms with E-state index in [0.717, 1.165) is 5.56 Å². The SMILES string of the molecule is Cc1ccc(S(=O)(=O)/N=C(\C=C\c2ccc(F)cc2)c2ccc(F)cc2)cc1. The number of allylic oxidation sites excluding steroid dienone is 1. The number of hydrogen-bond acceptors (Lipinski definition) is 2. The molecule has 3 aromatic rings. The van der Waals surface area contributed by atoms with Crippen LogP contribution in [-0.2, 0) is 10.0 Å². The van der Waals surface area contributed by atoms with E-state index in [4.69, 9.17) is 0 Å². The van der Waals surface area contributed by atoms with Crippen LogP contribution in [0.5, 0.6) is 0 Å². The van der Waals surface area contributed by atoms with Gasteiger partial charge in [0.2, 0.25) is 0 Å². The molecular formula is C22H17F2NO2S. The van der Waals surface area contributed by atoms with Crippen LogP contribution in [0.4, 0.5) is 8.78 Å². The first-order valence-electron chi connectivity index (χ1n) is 8.45. The highest BCUT2D eigenvalue weighted by molar-refractivity contribution is 7.90. The molecule has 3 rings (SSSR count). The van der Waals surface area contributed by atoms with Gasteiger partial charge < -0.3 is 0 Å². The van der Waals surface area contributed by atoms with E-state index >= 15 is 0 Å². The van der Waals surface area contributed by atoms with Gasteiger partial charge in [0.15, 0.2) is 0 Å². The van der Waals surface area contributed by atoms with Crippen molar-refractivity contribution in [3.05, 3.63) is 107 Å². The van der Waals surface area contributed by atoms with Gasteiger partial charge in [0, 0.05) is 5.56 Å². The van der Waals surface area contributed by atoms with Crippen LogP contribution in [0.25, 0.3) is 6.08 Å². The zero-order chi connectivity index (χ0) is 20.1. The monoisotopic (exact) mass is 397 g/mol. The van der Waals surface area contributed by atoms with Gasteiger partial charge in [-0.25, -0.2) is 8.78 Å². The molecule has 0 fully saturated rings. The Labute approximate surface area is 162 Å². The highest BCUT2D eigenvalue weighted by atomic mass is 32.2. The maximum absolute atomic E-state index is 13.3. The Morgan fingerprint density at radius 3 is 1.93 bits per heavy atom. The summed E-state index contributed by atoms with van der Waals surface area (Å²) < 4.78 is 55.7. The summed E-state index contributed by atoms with van der Waals surface area (Å²) in [7, 11) is -3.96. The van der Waals surface area contributed by atoms with Crippen LogP contribution in [0.1, 0.15) is 16.7 Å². The Kier molecular flexibility index (Phi) is 5.80. The molecule has 0 atom stereocenters.